The van der Waals surface area contributed by atoms with Crippen molar-refractivity contribution in [3.05, 3.63) is 65.5 Å². The standard InChI is InChI=1S/C20H21N5O/c1-12-4-7-17(10-13(12)2)25-20-18(21)19(22-11-23-20)24-16-8-5-15(6-9-16)14(3)26/h4-11H,21H2,1-3H3,(H2,22,23,24,25). The molecular formula is C20H21N5O. The molecular weight excluding hydrogens is 326 g/mol. The molecule has 132 valence electrons. The molecule has 0 saturated carbocycles. The Bertz CT molecular complexity index is 951. The van der Waals surface area contributed by atoms with E-state index in [-0.39, 0.29) is 5.78 Å². The highest BCUT2D eigenvalue weighted by molar-refractivity contribution is 5.94. The van der Waals surface area contributed by atoms with Gasteiger partial charge in [0.05, 0.1) is 0 Å². The van der Waals surface area contributed by atoms with Crippen LogP contribution in [0.3, 0.4) is 0 Å². The van der Waals surface area contributed by atoms with Crippen molar-refractivity contribution < 1.29 is 4.79 Å². The Morgan fingerprint density at radius 1 is 0.885 bits per heavy atom. The summed E-state index contributed by atoms with van der Waals surface area (Å²) in [6.45, 7) is 5.66. The highest BCUT2D eigenvalue weighted by Crippen LogP contribution is 2.28. The summed E-state index contributed by atoms with van der Waals surface area (Å²) in [5, 5.41) is 6.39. The van der Waals surface area contributed by atoms with Gasteiger partial charge in [0, 0.05) is 16.9 Å². The van der Waals surface area contributed by atoms with Crippen LogP contribution >= 0.6 is 0 Å². The van der Waals surface area contributed by atoms with Crippen molar-refractivity contribution in [2.75, 3.05) is 16.4 Å². The van der Waals surface area contributed by atoms with Crippen molar-refractivity contribution in [2.24, 2.45) is 0 Å². The predicted octanol–water partition coefficient (Wildman–Crippen LogP) is 4.37. The van der Waals surface area contributed by atoms with E-state index in [2.05, 4.69) is 34.4 Å². The fourth-order valence-corrected chi connectivity index (χ4v) is 2.48. The molecule has 3 aromatic rings. The molecule has 2 aromatic carbocycles. The van der Waals surface area contributed by atoms with Gasteiger partial charge in [-0.1, -0.05) is 6.07 Å². The van der Waals surface area contributed by atoms with Crippen LogP contribution in [0, 0.1) is 13.8 Å². The highest BCUT2D eigenvalue weighted by atomic mass is 16.1. The molecule has 1 aromatic heterocycles. The maximum atomic E-state index is 11.4. The van der Waals surface area contributed by atoms with Crippen LogP contribution in [0.2, 0.25) is 0 Å². The van der Waals surface area contributed by atoms with Crippen molar-refractivity contribution in [1.29, 1.82) is 0 Å². The zero-order valence-electron chi connectivity index (χ0n) is 15.0. The number of carbonyl (C=O) groups excluding carboxylic acids is 1. The first-order chi connectivity index (χ1) is 12.4. The molecule has 0 amide bonds. The number of carbonyl (C=O) groups is 1. The summed E-state index contributed by atoms with van der Waals surface area (Å²) in [4.78, 5) is 19.8. The number of aromatic nitrogens is 2. The van der Waals surface area contributed by atoms with E-state index >= 15 is 0 Å². The Hall–Kier alpha value is -3.41. The Labute approximate surface area is 152 Å². The van der Waals surface area contributed by atoms with Crippen LogP contribution in [0.25, 0.3) is 0 Å². The third-order valence-electron chi connectivity index (χ3n) is 4.21. The highest BCUT2D eigenvalue weighted by Gasteiger charge is 2.09. The molecule has 0 unspecified atom stereocenters. The number of benzene rings is 2. The largest absolute Gasteiger partial charge is 0.393 e. The molecule has 6 heteroatoms. The van der Waals surface area contributed by atoms with Crippen molar-refractivity contribution >= 4 is 34.5 Å². The molecule has 26 heavy (non-hydrogen) atoms. The molecule has 0 radical (unpaired) electrons. The van der Waals surface area contributed by atoms with Gasteiger partial charge in [0.2, 0.25) is 0 Å². The van der Waals surface area contributed by atoms with E-state index < -0.39 is 0 Å². The number of hydrogen-bond acceptors (Lipinski definition) is 6. The molecule has 0 spiro atoms. The van der Waals surface area contributed by atoms with Gasteiger partial charge in [-0.05, 0) is 68.3 Å². The number of aryl methyl sites for hydroxylation is 2. The zero-order chi connectivity index (χ0) is 18.7. The SMILES string of the molecule is CC(=O)c1ccc(Nc2ncnc(Nc3ccc(C)c(C)c3)c2N)cc1. The normalized spacial score (nSPS) is 10.4. The molecule has 0 atom stereocenters. The number of nitrogens with zero attached hydrogens (tertiary/aromatic N) is 2. The number of nitrogens with two attached hydrogens (primary N) is 1. The zero-order valence-corrected chi connectivity index (χ0v) is 15.0. The van der Waals surface area contributed by atoms with Crippen molar-refractivity contribution in [1.82, 2.24) is 9.97 Å². The Balaban J connectivity index is 1.82. The molecule has 0 aliphatic carbocycles. The van der Waals surface area contributed by atoms with Gasteiger partial charge in [-0.15, -0.1) is 0 Å². The first-order valence-corrected chi connectivity index (χ1v) is 8.27. The minimum atomic E-state index is 0.0259. The maximum absolute atomic E-state index is 11.4. The van der Waals surface area contributed by atoms with Gasteiger partial charge in [0.15, 0.2) is 17.4 Å². The van der Waals surface area contributed by atoms with Gasteiger partial charge >= 0.3 is 0 Å². The Kier molecular flexibility index (Phi) is 4.84. The van der Waals surface area contributed by atoms with Crippen molar-refractivity contribution in [3.63, 3.8) is 0 Å². The van der Waals surface area contributed by atoms with Gasteiger partial charge in [0.1, 0.15) is 12.0 Å². The second-order valence-corrected chi connectivity index (χ2v) is 6.17. The Morgan fingerprint density at radius 3 is 2.04 bits per heavy atom. The van der Waals surface area contributed by atoms with E-state index in [1.54, 1.807) is 12.1 Å². The van der Waals surface area contributed by atoms with E-state index in [4.69, 9.17) is 5.73 Å². The topological polar surface area (TPSA) is 92.9 Å². The minimum Gasteiger partial charge on any atom is -0.393 e. The van der Waals surface area contributed by atoms with Gasteiger partial charge < -0.3 is 16.4 Å². The third kappa shape index (κ3) is 3.80. The summed E-state index contributed by atoms with van der Waals surface area (Å²) in [6, 6.07) is 13.2. The number of Topliss-reactive ketones (excluding diaryl/α,β-unsaturated/α-hetero) is 1. The third-order valence-corrected chi connectivity index (χ3v) is 4.21. The van der Waals surface area contributed by atoms with E-state index in [1.807, 2.05) is 30.3 Å². The van der Waals surface area contributed by atoms with Crippen LogP contribution in [-0.2, 0) is 0 Å². The molecule has 0 saturated heterocycles. The van der Waals surface area contributed by atoms with Crippen LogP contribution < -0.4 is 16.4 Å². The lowest BCUT2D eigenvalue weighted by molar-refractivity contribution is 0.101. The second-order valence-electron chi connectivity index (χ2n) is 6.17. The average Bonchev–Trinajstić information content (AvgIpc) is 2.62. The summed E-state index contributed by atoms with van der Waals surface area (Å²) < 4.78 is 0. The minimum absolute atomic E-state index is 0.0259. The summed E-state index contributed by atoms with van der Waals surface area (Å²) in [7, 11) is 0. The van der Waals surface area contributed by atoms with Crippen molar-refractivity contribution in [3.8, 4) is 0 Å². The van der Waals surface area contributed by atoms with Crippen LogP contribution in [0.4, 0.5) is 28.7 Å². The number of hydrogen-bond donors (Lipinski definition) is 3. The molecule has 0 bridgehead atoms. The summed E-state index contributed by atoms with van der Waals surface area (Å²) in [5.74, 6) is 1.06. The second kappa shape index (κ2) is 7.23. The van der Waals surface area contributed by atoms with E-state index in [0.29, 0.717) is 22.9 Å². The molecule has 1 heterocycles. The van der Waals surface area contributed by atoms with Crippen LogP contribution in [-0.4, -0.2) is 15.8 Å². The van der Waals surface area contributed by atoms with Gasteiger partial charge in [-0.2, -0.15) is 0 Å². The van der Waals surface area contributed by atoms with Crippen molar-refractivity contribution in [2.45, 2.75) is 20.8 Å². The lowest BCUT2D eigenvalue weighted by atomic mass is 10.1. The molecule has 0 aliphatic heterocycles. The lowest BCUT2D eigenvalue weighted by Crippen LogP contribution is -2.05. The molecule has 4 N–H and O–H groups in total. The quantitative estimate of drug-likeness (QED) is 0.594. The summed E-state index contributed by atoms with van der Waals surface area (Å²) in [6.07, 6.45) is 1.45. The van der Waals surface area contributed by atoms with Gasteiger partial charge in [0.25, 0.3) is 0 Å². The summed E-state index contributed by atoms with van der Waals surface area (Å²) >= 11 is 0. The first-order valence-electron chi connectivity index (χ1n) is 8.27. The van der Waals surface area contributed by atoms with E-state index in [1.165, 1.54) is 24.4 Å². The van der Waals surface area contributed by atoms with Gasteiger partial charge in [-0.3, -0.25) is 4.79 Å². The van der Waals surface area contributed by atoms with Crippen LogP contribution in [0.1, 0.15) is 28.4 Å². The van der Waals surface area contributed by atoms with E-state index in [0.717, 1.165) is 11.4 Å². The van der Waals surface area contributed by atoms with Gasteiger partial charge in [-0.25, -0.2) is 9.97 Å². The fraction of sp³-hybridized carbons (Fsp3) is 0.150. The smallest absolute Gasteiger partial charge is 0.159 e. The molecule has 6 nitrogen and oxygen atoms in total. The maximum Gasteiger partial charge on any atom is 0.159 e. The number of ketones is 1. The predicted molar refractivity (Wildman–Crippen MR) is 105 cm³/mol. The average molecular weight is 347 g/mol. The van der Waals surface area contributed by atoms with E-state index in [9.17, 15) is 4.79 Å². The molecule has 0 fully saturated rings. The molecule has 0 aliphatic rings. The molecule has 3 rings (SSSR count). The number of nitrogen functional groups attached to an aromatic ring is 1. The monoisotopic (exact) mass is 347 g/mol. The fourth-order valence-electron chi connectivity index (χ4n) is 2.48. The lowest BCUT2D eigenvalue weighted by Gasteiger charge is -2.13. The number of rotatable bonds is 5. The number of nitrogens with one attached hydrogen (secondary N) is 2. The first kappa shape index (κ1) is 17.4. The summed E-state index contributed by atoms with van der Waals surface area (Å²) in [5.41, 5.74) is 11.4. The van der Waals surface area contributed by atoms with Crippen LogP contribution in [0.5, 0.6) is 0 Å². The Morgan fingerprint density at radius 2 is 1.46 bits per heavy atom. The van der Waals surface area contributed by atoms with Crippen LogP contribution in [0.15, 0.2) is 48.8 Å². The number of anilines is 5.